The molecule has 3 unspecified atom stereocenters. The summed E-state index contributed by atoms with van der Waals surface area (Å²) in [6, 6.07) is 0. The van der Waals surface area contributed by atoms with Crippen molar-refractivity contribution in [3.63, 3.8) is 0 Å². The number of rotatable bonds is 1. The zero-order valence-corrected chi connectivity index (χ0v) is 6.12. The molecule has 3 heteroatoms. The fourth-order valence-electron chi connectivity index (χ4n) is 2.31. The lowest BCUT2D eigenvalue weighted by Crippen LogP contribution is -2.39. The Kier molecular flexibility index (Phi) is 1.28. The molecule has 0 heterocycles. The van der Waals surface area contributed by atoms with Crippen LogP contribution in [-0.4, -0.2) is 16.9 Å². The Morgan fingerprint density at radius 1 is 1.45 bits per heavy atom. The lowest BCUT2D eigenvalue weighted by molar-refractivity contribution is -0.149. The van der Waals surface area contributed by atoms with E-state index in [4.69, 9.17) is 5.11 Å². The van der Waals surface area contributed by atoms with E-state index in [1.807, 2.05) is 0 Å². The van der Waals surface area contributed by atoms with Crippen LogP contribution in [0.3, 0.4) is 0 Å². The Labute approximate surface area is 64.4 Å². The average Bonchev–Trinajstić information content (AvgIpc) is 2.25. The maximum absolute atomic E-state index is 11.0. The van der Waals surface area contributed by atoms with Crippen molar-refractivity contribution in [2.45, 2.75) is 19.3 Å². The molecule has 0 aromatic heterocycles. The van der Waals surface area contributed by atoms with Crippen molar-refractivity contribution >= 4 is 11.8 Å². The van der Waals surface area contributed by atoms with E-state index in [9.17, 15) is 9.59 Å². The highest BCUT2D eigenvalue weighted by Crippen LogP contribution is 2.47. The van der Waals surface area contributed by atoms with Crippen LogP contribution in [0.15, 0.2) is 0 Å². The van der Waals surface area contributed by atoms with Crippen molar-refractivity contribution in [1.82, 2.24) is 0 Å². The van der Waals surface area contributed by atoms with Crippen molar-refractivity contribution in [3.05, 3.63) is 0 Å². The summed E-state index contributed by atoms with van der Waals surface area (Å²) in [6.45, 7) is 0. The van der Waals surface area contributed by atoms with Crippen molar-refractivity contribution in [3.8, 4) is 0 Å². The Morgan fingerprint density at radius 3 is 2.64 bits per heavy atom. The highest BCUT2D eigenvalue weighted by Gasteiger charge is 2.51. The zero-order valence-electron chi connectivity index (χ0n) is 6.12. The van der Waals surface area contributed by atoms with Crippen LogP contribution in [0.4, 0.5) is 0 Å². The van der Waals surface area contributed by atoms with Gasteiger partial charge in [0.1, 0.15) is 5.78 Å². The molecule has 2 aliphatic carbocycles. The number of fused-ring (bicyclic) bond motifs is 1. The summed E-state index contributed by atoms with van der Waals surface area (Å²) in [4.78, 5) is 21.5. The number of carbonyl (C=O) groups is 2. The highest BCUT2D eigenvalue weighted by atomic mass is 16.4. The molecule has 1 N–H and O–H groups in total. The van der Waals surface area contributed by atoms with E-state index < -0.39 is 5.97 Å². The lowest BCUT2D eigenvalue weighted by atomic mass is 9.71. The Balaban J connectivity index is 2.14. The molecule has 3 atom stereocenters. The number of carboxylic acid groups (broad SMARTS) is 1. The predicted octanol–water partition coefficient (Wildman–Crippen LogP) is 0.686. The zero-order chi connectivity index (χ0) is 8.01. The molecule has 60 valence electrons. The third-order valence-electron chi connectivity index (χ3n) is 2.94. The smallest absolute Gasteiger partial charge is 0.307 e. The molecule has 0 radical (unpaired) electrons. The molecule has 0 saturated heterocycles. The second-order valence-corrected chi connectivity index (χ2v) is 3.48. The van der Waals surface area contributed by atoms with Gasteiger partial charge in [-0.15, -0.1) is 0 Å². The van der Waals surface area contributed by atoms with Crippen LogP contribution in [0.2, 0.25) is 0 Å². The molecule has 2 rings (SSSR count). The summed E-state index contributed by atoms with van der Waals surface area (Å²) >= 11 is 0. The molecule has 11 heavy (non-hydrogen) atoms. The van der Waals surface area contributed by atoms with Crippen molar-refractivity contribution in [1.29, 1.82) is 0 Å². The SMILES string of the molecule is O=C(O)C1CCC2CC(=O)C21. The van der Waals surface area contributed by atoms with Gasteiger partial charge in [-0.2, -0.15) is 0 Å². The summed E-state index contributed by atoms with van der Waals surface area (Å²) in [6.07, 6.45) is 2.28. The second-order valence-electron chi connectivity index (χ2n) is 3.48. The van der Waals surface area contributed by atoms with Crippen molar-refractivity contribution in [2.24, 2.45) is 17.8 Å². The molecule has 0 spiro atoms. The van der Waals surface area contributed by atoms with Gasteiger partial charge < -0.3 is 5.11 Å². The topological polar surface area (TPSA) is 54.4 Å². The van der Waals surface area contributed by atoms with Gasteiger partial charge in [0.15, 0.2) is 0 Å². The maximum atomic E-state index is 11.0. The standard InChI is InChI=1S/C8H10O3/c9-6-3-4-1-2-5(7(4)6)8(10)11/h4-5,7H,1-3H2,(H,10,11). The monoisotopic (exact) mass is 154 g/mol. The van der Waals surface area contributed by atoms with Crippen LogP contribution in [0, 0.1) is 17.8 Å². The van der Waals surface area contributed by atoms with Crippen LogP contribution in [0.1, 0.15) is 19.3 Å². The van der Waals surface area contributed by atoms with E-state index in [1.165, 1.54) is 0 Å². The fraction of sp³-hybridized carbons (Fsp3) is 0.750. The number of carboxylic acids is 1. The molecule has 3 nitrogen and oxygen atoms in total. The minimum atomic E-state index is -0.787. The minimum Gasteiger partial charge on any atom is -0.481 e. The maximum Gasteiger partial charge on any atom is 0.307 e. The largest absolute Gasteiger partial charge is 0.481 e. The Hall–Kier alpha value is -0.860. The summed E-state index contributed by atoms with van der Waals surface area (Å²) < 4.78 is 0. The third-order valence-corrected chi connectivity index (χ3v) is 2.94. The van der Waals surface area contributed by atoms with Crippen molar-refractivity contribution < 1.29 is 14.7 Å². The Morgan fingerprint density at radius 2 is 2.18 bits per heavy atom. The van der Waals surface area contributed by atoms with E-state index in [1.54, 1.807) is 0 Å². The van der Waals surface area contributed by atoms with E-state index in [0.29, 0.717) is 18.8 Å². The number of ketones is 1. The van der Waals surface area contributed by atoms with Gasteiger partial charge in [0, 0.05) is 12.3 Å². The average molecular weight is 154 g/mol. The molecule has 2 aliphatic rings. The number of carbonyl (C=O) groups excluding carboxylic acids is 1. The molecule has 2 saturated carbocycles. The van der Waals surface area contributed by atoms with Crippen LogP contribution >= 0.6 is 0 Å². The van der Waals surface area contributed by atoms with E-state index in [-0.39, 0.29) is 17.6 Å². The van der Waals surface area contributed by atoms with Gasteiger partial charge in [-0.25, -0.2) is 0 Å². The van der Waals surface area contributed by atoms with Crippen molar-refractivity contribution in [2.75, 3.05) is 0 Å². The van der Waals surface area contributed by atoms with Gasteiger partial charge in [-0.1, -0.05) is 0 Å². The van der Waals surface area contributed by atoms with E-state index >= 15 is 0 Å². The minimum absolute atomic E-state index is 0.118. The van der Waals surface area contributed by atoms with Gasteiger partial charge in [-0.05, 0) is 18.8 Å². The third kappa shape index (κ3) is 0.800. The molecule has 0 aromatic rings. The van der Waals surface area contributed by atoms with Crippen LogP contribution in [0.25, 0.3) is 0 Å². The first-order valence-electron chi connectivity index (χ1n) is 3.95. The quantitative estimate of drug-likeness (QED) is 0.604. The Bertz CT molecular complexity index is 213. The fourth-order valence-corrected chi connectivity index (χ4v) is 2.31. The number of aliphatic carboxylic acids is 1. The van der Waals surface area contributed by atoms with E-state index in [2.05, 4.69) is 0 Å². The van der Waals surface area contributed by atoms with Gasteiger partial charge >= 0.3 is 5.97 Å². The lowest BCUT2D eigenvalue weighted by Gasteiger charge is -2.30. The van der Waals surface area contributed by atoms with Gasteiger partial charge in [0.25, 0.3) is 0 Å². The normalized spacial score (nSPS) is 41.5. The van der Waals surface area contributed by atoms with Gasteiger partial charge in [0.2, 0.25) is 0 Å². The van der Waals surface area contributed by atoms with Crippen LogP contribution in [-0.2, 0) is 9.59 Å². The number of Topliss-reactive ketones (excluding diaryl/α,β-unsaturated/α-hetero) is 1. The molecule has 0 aliphatic heterocycles. The van der Waals surface area contributed by atoms with Crippen LogP contribution < -0.4 is 0 Å². The summed E-state index contributed by atoms with van der Waals surface area (Å²) in [5.74, 6) is -0.692. The van der Waals surface area contributed by atoms with Gasteiger partial charge in [-0.3, -0.25) is 9.59 Å². The summed E-state index contributed by atoms with van der Waals surface area (Å²) in [7, 11) is 0. The summed E-state index contributed by atoms with van der Waals surface area (Å²) in [5.41, 5.74) is 0. The highest BCUT2D eigenvalue weighted by molar-refractivity contribution is 5.92. The second kappa shape index (κ2) is 2.06. The molecular formula is C8H10O3. The molecule has 2 fully saturated rings. The first-order chi connectivity index (χ1) is 5.20. The van der Waals surface area contributed by atoms with Crippen LogP contribution in [0.5, 0.6) is 0 Å². The molecular weight excluding hydrogens is 144 g/mol. The predicted molar refractivity (Wildman–Crippen MR) is 37.0 cm³/mol. The molecule has 0 bridgehead atoms. The first kappa shape index (κ1) is 6.83. The summed E-state index contributed by atoms with van der Waals surface area (Å²) in [5, 5.41) is 8.70. The number of hydrogen-bond donors (Lipinski definition) is 1. The number of hydrogen-bond acceptors (Lipinski definition) is 2. The molecule has 0 amide bonds. The molecule has 0 aromatic carbocycles. The van der Waals surface area contributed by atoms with E-state index in [0.717, 1.165) is 6.42 Å². The first-order valence-corrected chi connectivity index (χ1v) is 3.95. The van der Waals surface area contributed by atoms with Gasteiger partial charge in [0.05, 0.1) is 5.92 Å².